The molecule has 3 aromatic rings. The molecule has 0 spiro atoms. The number of halogens is 1. The van der Waals surface area contributed by atoms with Crippen LogP contribution in [0.2, 0.25) is 0 Å². The van der Waals surface area contributed by atoms with Gasteiger partial charge in [0.2, 0.25) is 0 Å². The lowest BCUT2D eigenvalue weighted by molar-refractivity contribution is 0.636. The summed E-state index contributed by atoms with van der Waals surface area (Å²) in [5.41, 5.74) is 3.46. The second kappa shape index (κ2) is 5.85. The van der Waals surface area contributed by atoms with E-state index in [9.17, 15) is 0 Å². The van der Waals surface area contributed by atoms with Crippen molar-refractivity contribution in [3.05, 3.63) is 41.7 Å². The Bertz CT molecular complexity index is 759. The SMILES string of the molecule is Cc1cccc2nc(CCCl)n(CCc3nncn3C)c12. The maximum Gasteiger partial charge on any atom is 0.134 e. The second-order valence-corrected chi connectivity index (χ2v) is 5.55. The number of para-hydroxylation sites is 1. The number of alkyl halides is 1. The standard InChI is InChI=1S/C15H18ClN5/c1-11-4-3-5-12-15(11)21(13(18-12)6-8-16)9-7-14-19-17-10-20(14)2/h3-5,10H,6-9H2,1-2H3. The summed E-state index contributed by atoms with van der Waals surface area (Å²) in [6, 6.07) is 6.22. The molecule has 6 heteroatoms. The molecular weight excluding hydrogens is 286 g/mol. The number of rotatable bonds is 5. The van der Waals surface area contributed by atoms with Crippen LogP contribution in [0.4, 0.5) is 0 Å². The zero-order valence-corrected chi connectivity index (χ0v) is 13.0. The number of aryl methyl sites for hydroxylation is 5. The van der Waals surface area contributed by atoms with Gasteiger partial charge in [-0.2, -0.15) is 0 Å². The third-order valence-electron chi connectivity index (χ3n) is 3.73. The molecule has 0 saturated heterocycles. The minimum Gasteiger partial charge on any atom is -0.327 e. The molecule has 1 aromatic carbocycles. The van der Waals surface area contributed by atoms with E-state index in [0.29, 0.717) is 5.88 Å². The average Bonchev–Trinajstić information content (AvgIpc) is 3.02. The highest BCUT2D eigenvalue weighted by Gasteiger charge is 2.13. The van der Waals surface area contributed by atoms with Crippen molar-refractivity contribution in [2.24, 2.45) is 7.05 Å². The molecule has 5 nitrogen and oxygen atoms in total. The highest BCUT2D eigenvalue weighted by molar-refractivity contribution is 6.17. The summed E-state index contributed by atoms with van der Waals surface area (Å²) in [5, 5.41) is 8.07. The average molecular weight is 304 g/mol. The fraction of sp³-hybridized carbons (Fsp3) is 0.400. The molecule has 0 amide bonds. The van der Waals surface area contributed by atoms with Crippen LogP contribution in [-0.2, 0) is 26.4 Å². The number of hydrogen-bond donors (Lipinski definition) is 0. The summed E-state index contributed by atoms with van der Waals surface area (Å²) in [5.74, 6) is 2.59. The first kappa shape index (κ1) is 14.1. The van der Waals surface area contributed by atoms with E-state index in [2.05, 4.69) is 33.8 Å². The van der Waals surface area contributed by atoms with Crippen molar-refractivity contribution in [3.63, 3.8) is 0 Å². The highest BCUT2D eigenvalue weighted by atomic mass is 35.5. The summed E-state index contributed by atoms with van der Waals surface area (Å²) in [6.07, 6.45) is 3.33. The normalized spacial score (nSPS) is 11.4. The van der Waals surface area contributed by atoms with Crippen LogP contribution in [0, 0.1) is 6.92 Å². The van der Waals surface area contributed by atoms with Crippen molar-refractivity contribution in [1.82, 2.24) is 24.3 Å². The van der Waals surface area contributed by atoms with Crippen LogP contribution >= 0.6 is 11.6 Å². The molecular formula is C15H18ClN5. The Balaban J connectivity index is 1.98. The quantitative estimate of drug-likeness (QED) is 0.680. The molecule has 2 heterocycles. The first-order valence-electron chi connectivity index (χ1n) is 7.04. The smallest absolute Gasteiger partial charge is 0.134 e. The Morgan fingerprint density at radius 2 is 2.05 bits per heavy atom. The van der Waals surface area contributed by atoms with Crippen LogP contribution in [0.3, 0.4) is 0 Å². The molecule has 3 rings (SSSR count). The van der Waals surface area contributed by atoms with Gasteiger partial charge in [0.1, 0.15) is 18.0 Å². The van der Waals surface area contributed by atoms with Crippen molar-refractivity contribution < 1.29 is 0 Å². The lowest BCUT2D eigenvalue weighted by atomic mass is 10.2. The summed E-state index contributed by atoms with van der Waals surface area (Å²) < 4.78 is 4.22. The maximum atomic E-state index is 5.92. The fourth-order valence-corrected chi connectivity index (χ4v) is 2.84. The van der Waals surface area contributed by atoms with Gasteiger partial charge in [0.05, 0.1) is 11.0 Å². The predicted octanol–water partition coefficient (Wildman–Crippen LogP) is 2.50. The van der Waals surface area contributed by atoms with Crippen molar-refractivity contribution in [3.8, 4) is 0 Å². The third-order valence-corrected chi connectivity index (χ3v) is 3.92. The van der Waals surface area contributed by atoms with Crippen molar-refractivity contribution >= 4 is 22.6 Å². The largest absolute Gasteiger partial charge is 0.327 e. The van der Waals surface area contributed by atoms with Crippen molar-refractivity contribution in [1.29, 1.82) is 0 Å². The number of fused-ring (bicyclic) bond motifs is 1. The van der Waals surface area contributed by atoms with Crippen LogP contribution < -0.4 is 0 Å². The van der Waals surface area contributed by atoms with Gasteiger partial charge in [-0.15, -0.1) is 21.8 Å². The Morgan fingerprint density at radius 3 is 2.76 bits per heavy atom. The van der Waals surface area contributed by atoms with Gasteiger partial charge in [-0.1, -0.05) is 12.1 Å². The minimum absolute atomic E-state index is 0.576. The van der Waals surface area contributed by atoms with E-state index >= 15 is 0 Å². The second-order valence-electron chi connectivity index (χ2n) is 5.17. The van der Waals surface area contributed by atoms with Crippen molar-refractivity contribution in [2.75, 3.05) is 5.88 Å². The predicted molar refractivity (Wildman–Crippen MR) is 83.6 cm³/mol. The highest BCUT2D eigenvalue weighted by Crippen LogP contribution is 2.21. The summed E-state index contributed by atoms with van der Waals surface area (Å²) in [4.78, 5) is 4.72. The first-order chi connectivity index (χ1) is 10.2. The molecule has 0 N–H and O–H groups in total. The molecule has 0 aliphatic heterocycles. The molecule has 0 fully saturated rings. The Labute approximate surface area is 128 Å². The van der Waals surface area contributed by atoms with E-state index in [1.807, 2.05) is 17.7 Å². The molecule has 0 saturated carbocycles. The lowest BCUT2D eigenvalue weighted by Crippen LogP contribution is -2.10. The summed E-state index contributed by atoms with van der Waals surface area (Å²) in [7, 11) is 1.96. The number of aromatic nitrogens is 5. The van der Waals surface area contributed by atoms with E-state index in [1.54, 1.807) is 6.33 Å². The molecule has 0 radical (unpaired) electrons. The fourth-order valence-electron chi connectivity index (χ4n) is 2.67. The molecule has 0 aliphatic rings. The summed E-state index contributed by atoms with van der Waals surface area (Å²) >= 11 is 5.92. The van der Waals surface area contributed by atoms with E-state index in [1.165, 1.54) is 11.1 Å². The zero-order chi connectivity index (χ0) is 14.8. The van der Waals surface area contributed by atoms with Crippen molar-refractivity contribution in [2.45, 2.75) is 26.3 Å². The van der Waals surface area contributed by atoms with Crippen LogP contribution in [0.15, 0.2) is 24.5 Å². The molecule has 110 valence electrons. The monoisotopic (exact) mass is 303 g/mol. The number of benzene rings is 1. The Morgan fingerprint density at radius 1 is 1.19 bits per heavy atom. The molecule has 0 unspecified atom stereocenters. The molecule has 21 heavy (non-hydrogen) atoms. The minimum atomic E-state index is 0.576. The number of hydrogen-bond acceptors (Lipinski definition) is 3. The first-order valence-corrected chi connectivity index (χ1v) is 7.57. The summed E-state index contributed by atoms with van der Waals surface area (Å²) in [6.45, 7) is 2.95. The van der Waals surface area contributed by atoms with Crippen LogP contribution in [0.5, 0.6) is 0 Å². The third kappa shape index (κ3) is 2.65. The Hall–Kier alpha value is -1.88. The van der Waals surface area contributed by atoms with E-state index in [0.717, 1.165) is 36.6 Å². The van der Waals surface area contributed by atoms with Crippen LogP contribution in [0.25, 0.3) is 11.0 Å². The van der Waals surface area contributed by atoms with Gasteiger partial charge in [-0.05, 0) is 18.6 Å². The van der Waals surface area contributed by atoms with Gasteiger partial charge in [0, 0.05) is 32.3 Å². The van der Waals surface area contributed by atoms with E-state index in [4.69, 9.17) is 16.6 Å². The number of imidazole rings is 1. The number of nitrogens with zero attached hydrogens (tertiary/aromatic N) is 5. The van der Waals surface area contributed by atoms with Crippen LogP contribution in [0.1, 0.15) is 17.2 Å². The van der Waals surface area contributed by atoms with E-state index < -0.39 is 0 Å². The molecule has 0 bridgehead atoms. The Kier molecular flexibility index (Phi) is 3.92. The topological polar surface area (TPSA) is 48.5 Å². The van der Waals surface area contributed by atoms with Gasteiger partial charge in [0.15, 0.2) is 0 Å². The van der Waals surface area contributed by atoms with Gasteiger partial charge < -0.3 is 9.13 Å². The van der Waals surface area contributed by atoms with Gasteiger partial charge >= 0.3 is 0 Å². The molecule has 0 aliphatic carbocycles. The van der Waals surface area contributed by atoms with Gasteiger partial charge in [0.25, 0.3) is 0 Å². The molecule has 2 aromatic heterocycles. The van der Waals surface area contributed by atoms with Gasteiger partial charge in [-0.25, -0.2) is 4.98 Å². The van der Waals surface area contributed by atoms with Crippen LogP contribution in [-0.4, -0.2) is 30.2 Å². The lowest BCUT2D eigenvalue weighted by Gasteiger charge is -2.09. The maximum absolute atomic E-state index is 5.92. The molecule has 0 atom stereocenters. The zero-order valence-electron chi connectivity index (χ0n) is 12.3. The van der Waals surface area contributed by atoms with Gasteiger partial charge in [-0.3, -0.25) is 0 Å². The van der Waals surface area contributed by atoms with E-state index in [-0.39, 0.29) is 0 Å².